The molecule has 248 valence electrons. The van der Waals surface area contributed by atoms with E-state index >= 15 is 0 Å². The van der Waals surface area contributed by atoms with Crippen LogP contribution in [0.5, 0.6) is 0 Å². The number of aliphatic hydroxyl groups excluding tert-OH is 2. The Morgan fingerprint density at radius 2 is 1.02 bits per heavy atom. The van der Waals surface area contributed by atoms with Crippen molar-refractivity contribution in [2.24, 2.45) is 0 Å². The fourth-order valence-electron chi connectivity index (χ4n) is 4.38. The standard InChI is InChI=1S/C40H65NO3/c1-3-5-7-9-11-12-13-14-15-16-17-18-19-20-21-22-23-24-25-26-27-28-30-32-34-36-40(44)41-38(37-42)39(43)35-33-31-29-10-8-6-4-2/h5,7-8,10-12,14-15,17-18,20-21,23-24,33,35,38-39,42-43H,3-4,6,9,13,16,19,22,25-32,34,36-37H2,1-2H3,(H,41,44)/b7-5-,10-8+,12-11-,15-14-,18-17-,21-20-,24-23-,35-33+. The zero-order chi connectivity index (χ0) is 32.2. The van der Waals surface area contributed by atoms with E-state index in [-0.39, 0.29) is 12.5 Å². The van der Waals surface area contributed by atoms with Gasteiger partial charge >= 0.3 is 0 Å². The predicted molar refractivity (Wildman–Crippen MR) is 193 cm³/mol. The van der Waals surface area contributed by atoms with Gasteiger partial charge in [-0.05, 0) is 77.0 Å². The lowest BCUT2D eigenvalue weighted by Gasteiger charge is -2.19. The van der Waals surface area contributed by atoms with Crippen LogP contribution in [0.25, 0.3) is 0 Å². The van der Waals surface area contributed by atoms with E-state index in [1.807, 2.05) is 6.08 Å². The van der Waals surface area contributed by atoms with Crippen molar-refractivity contribution in [2.75, 3.05) is 6.61 Å². The highest BCUT2D eigenvalue weighted by molar-refractivity contribution is 5.76. The van der Waals surface area contributed by atoms with Gasteiger partial charge in [-0.25, -0.2) is 0 Å². The van der Waals surface area contributed by atoms with Gasteiger partial charge in [0.15, 0.2) is 0 Å². The lowest BCUT2D eigenvalue weighted by Crippen LogP contribution is -2.45. The summed E-state index contributed by atoms with van der Waals surface area (Å²) in [6.45, 7) is 4.04. The Morgan fingerprint density at radius 3 is 1.57 bits per heavy atom. The van der Waals surface area contributed by atoms with Crippen LogP contribution in [0.3, 0.4) is 0 Å². The lowest BCUT2D eigenvalue weighted by molar-refractivity contribution is -0.123. The molecule has 0 aromatic heterocycles. The third-order valence-electron chi connectivity index (χ3n) is 7.03. The van der Waals surface area contributed by atoms with Crippen LogP contribution < -0.4 is 5.32 Å². The molecule has 0 spiro atoms. The minimum absolute atomic E-state index is 0.100. The number of amides is 1. The maximum Gasteiger partial charge on any atom is 0.220 e. The number of allylic oxidation sites excluding steroid dienone is 15. The van der Waals surface area contributed by atoms with Crippen LogP contribution in [-0.4, -0.2) is 34.9 Å². The first kappa shape index (κ1) is 41.3. The van der Waals surface area contributed by atoms with Crippen LogP contribution in [0.15, 0.2) is 97.2 Å². The molecule has 0 saturated carbocycles. The molecular weight excluding hydrogens is 542 g/mol. The molecule has 0 heterocycles. The second-order valence-corrected chi connectivity index (χ2v) is 11.2. The van der Waals surface area contributed by atoms with Gasteiger partial charge in [0, 0.05) is 6.42 Å². The number of hydrogen-bond acceptors (Lipinski definition) is 3. The Labute approximate surface area is 271 Å². The lowest BCUT2D eigenvalue weighted by atomic mass is 10.1. The molecule has 2 unspecified atom stereocenters. The third kappa shape index (κ3) is 30.8. The molecule has 0 bridgehead atoms. The number of carbonyl (C=O) groups is 1. The highest BCUT2D eigenvalue weighted by Crippen LogP contribution is 2.10. The van der Waals surface area contributed by atoms with E-state index < -0.39 is 12.1 Å². The van der Waals surface area contributed by atoms with E-state index in [1.54, 1.807) is 6.08 Å². The van der Waals surface area contributed by atoms with Crippen LogP contribution in [-0.2, 0) is 4.79 Å². The second-order valence-electron chi connectivity index (χ2n) is 11.2. The molecule has 0 aromatic carbocycles. The van der Waals surface area contributed by atoms with Gasteiger partial charge in [0.25, 0.3) is 0 Å². The number of nitrogens with one attached hydrogen (secondary N) is 1. The average Bonchev–Trinajstić information content (AvgIpc) is 3.03. The molecule has 44 heavy (non-hydrogen) atoms. The summed E-state index contributed by atoms with van der Waals surface area (Å²) in [5.74, 6) is -0.100. The van der Waals surface area contributed by atoms with E-state index in [9.17, 15) is 15.0 Å². The molecule has 0 rings (SSSR count). The number of hydrogen-bond donors (Lipinski definition) is 3. The van der Waals surface area contributed by atoms with Gasteiger partial charge in [-0.1, -0.05) is 143 Å². The summed E-state index contributed by atoms with van der Waals surface area (Å²) in [4.78, 5) is 12.2. The van der Waals surface area contributed by atoms with Crippen LogP contribution in [0, 0.1) is 0 Å². The summed E-state index contributed by atoms with van der Waals surface area (Å²) >= 11 is 0. The normalized spacial score (nSPS) is 14.4. The molecule has 1 amide bonds. The van der Waals surface area contributed by atoms with Gasteiger partial charge in [0.05, 0.1) is 18.8 Å². The van der Waals surface area contributed by atoms with Crippen LogP contribution >= 0.6 is 0 Å². The van der Waals surface area contributed by atoms with Crippen molar-refractivity contribution in [3.63, 3.8) is 0 Å². The van der Waals surface area contributed by atoms with E-state index in [2.05, 4.69) is 104 Å². The maximum absolute atomic E-state index is 12.2. The molecule has 0 aromatic rings. The number of carbonyl (C=O) groups excluding carboxylic acids is 1. The molecule has 0 saturated heterocycles. The third-order valence-corrected chi connectivity index (χ3v) is 7.03. The van der Waals surface area contributed by atoms with Crippen molar-refractivity contribution in [1.29, 1.82) is 0 Å². The summed E-state index contributed by atoms with van der Waals surface area (Å²) in [5.41, 5.74) is 0. The van der Waals surface area contributed by atoms with Crippen LogP contribution in [0.4, 0.5) is 0 Å². The Bertz CT molecular complexity index is 875. The predicted octanol–water partition coefficient (Wildman–Crippen LogP) is 10.3. The zero-order valence-corrected chi connectivity index (χ0v) is 28.1. The van der Waals surface area contributed by atoms with Gasteiger partial charge in [0.2, 0.25) is 5.91 Å². The molecule has 0 aliphatic carbocycles. The number of aliphatic hydroxyl groups is 2. The van der Waals surface area contributed by atoms with Crippen molar-refractivity contribution < 1.29 is 15.0 Å². The fourth-order valence-corrected chi connectivity index (χ4v) is 4.38. The van der Waals surface area contributed by atoms with Gasteiger partial charge in [-0.15, -0.1) is 0 Å². The van der Waals surface area contributed by atoms with Crippen molar-refractivity contribution in [3.8, 4) is 0 Å². The van der Waals surface area contributed by atoms with Crippen molar-refractivity contribution in [2.45, 2.75) is 142 Å². The summed E-state index contributed by atoms with van der Waals surface area (Å²) in [7, 11) is 0. The van der Waals surface area contributed by atoms with Crippen molar-refractivity contribution in [3.05, 3.63) is 97.2 Å². The van der Waals surface area contributed by atoms with Crippen molar-refractivity contribution >= 4 is 5.91 Å². The SMILES string of the molecule is CC/C=C\C/C=C\C/C=C\C/C=C\C/C=C\C/C=C\CCCCCCCCC(=O)NC(CO)C(O)/C=C/CC/C=C/CCC. The molecule has 4 heteroatoms. The summed E-state index contributed by atoms with van der Waals surface area (Å²) in [6.07, 6.45) is 52.2. The maximum atomic E-state index is 12.2. The Morgan fingerprint density at radius 1 is 0.568 bits per heavy atom. The molecule has 0 aliphatic heterocycles. The van der Waals surface area contributed by atoms with E-state index in [0.717, 1.165) is 89.9 Å². The van der Waals surface area contributed by atoms with Crippen molar-refractivity contribution in [1.82, 2.24) is 5.32 Å². The second kappa shape index (κ2) is 34.8. The molecule has 3 N–H and O–H groups in total. The first-order valence-corrected chi connectivity index (χ1v) is 17.5. The summed E-state index contributed by atoms with van der Waals surface area (Å²) in [6, 6.07) is -0.650. The van der Waals surface area contributed by atoms with E-state index in [1.165, 1.54) is 19.3 Å². The Balaban J connectivity index is 3.69. The smallest absolute Gasteiger partial charge is 0.220 e. The number of unbranched alkanes of at least 4 members (excludes halogenated alkanes) is 8. The molecule has 0 radical (unpaired) electrons. The van der Waals surface area contributed by atoms with Gasteiger partial charge in [-0.3, -0.25) is 4.79 Å². The highest BCUT2D eigenvalue weighted by atomic mass is 16.3. The summed E-state index contributed by atoms with van der Waals surface area (Å²) in [5, 5.41) is 22.6. The first-order valence-electron chi connectivity index (χ1n) is 17.5. The van der Waals surface area contributed by atoms with Gasteiger partial charge < -0.3 is 15.5 Å². The first-order chi connectivity index (χ1) is 21.7. The molecule has 4 nitrogen and oxygen atoms in total. The highest BCUT2D eigenvalue weighted by Gasteiger charge is 2.17. The Hall–Kier alpha value is -2.69. The van der Waals surface area contributed by atoms with Gasteiger partial charge in [-0.2, -0.15) is 0 Å². The van der Waals surface area contributed by atoms with E-state index in [4.69, 9.17) is 0 Å². The molecule has 2 atom stereocenters. The van der Waals surface area contributed by atoms with Crippen LogP contribution in [0.1, 0.15) is 129 Å². The van der Waals surface area contributed by atoms with E-state index in [0.29, 0.717) is 6.42 Å². The largest absolute Gasteiger partial charge is 0.394 e. The van der Waals surface area contributed by atoms with Crippen LogP contribution in [0.2, 0.25) is 0 Å². The molecule has 0 fully saturated rings. The van der Waals surface area contributed by atoms with Gasteiger partial charge in [0.1, 0.15) is 0 Å². The monoisotopic (exact) mass is 607 g/mol. The Kier molecular flexibility index (Phi) is 32.7. The summed E-state index contributed by atoms with van der Waals surface area (Å²) < 4.78 is 0. The fraction of sp³-hybridized carbons (Fsp3) is 0.575. The minimum atomic E-state index is -0.871. The topological polar surface area (TPSA) is 69.6 Å². The molecule has 0 aliphatic rings. The number of rotatable bonds is 29. The molecular formula is C40H65NO3. The minimum Gasteiger partial charge on any atom is -0.394 e. The zero-order valence-electron chi connectivity index (χ0n) is 28.1. The average molecular weight is 608 g/mol. The quantitative estimate of drug-likeness (QED) is 0.0585.